The highest BCUT2D eigenvalue weighted by atomic mass is 32.2. The van der Waals surface area contributed by atoms with E-state index in [-0.39, 0.29) is 50.3 Å². The lowest BCUT2D eigenvalue weighted by Crippen LogP contribution is -2.59. The summed E-state index contributed by atoms with van der Waals surface area (Å²) < 4.78 is 0. The number of H-pyrrole nitrogens is 2. The Morgan fingerprint density at radius 3 is 2.01 bits per heavy atom. The van der Waals surface area contributed by atoms with E-state index in [4.69, 9.17) is 17.2 Å². The van der Waals surface area contributed by atoms with Gasteiger partial charge in [0.25, 0.3) is 0 Å². The molecule has 0 saturated carbocycles. The zero-order valence-corrected chi connectivity index (χ0v) is 44.0. The van der Waals surface area contributed by atoms with E-state index in [1.54, 1.807) is 50.4 Å². The number of nitrogens with two attached hydrogens (primary N) is 3. The van der Waals surface area contributed by atoms with Crippen LogP contribution in [0.5, 0.6) is 0 Å². The Hall–Kier alpha value is -7.80. The maximum absolute atomic E-state index is 14.2. The number of para-hydroxylation sites is 1. The Bertz CT molecular complexity index is 2680. The highest BCUT2D eigenvalue weighted by Crippen LogP contribution is 2.23. The van der Waals surface area contributed by atoms with Gasteiger partial charge in [0.15, 0.2) is 0 Å². The van der Waals surface area contributed by atoms with Crippen LogP contribution in [0.4, 0.5) is 0 Å². The number of nitrogens with zero attached hydrogens (tertiary/aromatic N) is 2. The largest absolute Gasteiger partial charge is 0.370 e. The molecule has 0 radical (unpaired) electrons. The third-order valence-electron chi connectivity index (χ3n) is 12.5. The van der Waals surface area contributed by atoms with Gasteiger partial charge in [-0.05, 0) is 55.2 Å². The molecule has 410 valence electrons. The van der Waals surface area contributed by atoms with Gasteiger partial charge < -0.3 is 69.3 Å². The van der Waals surface area contributed by atoms with Crippen molar-refractivity contribution >= 4 is 81.7 Å². The molecule has 3 heterocycles. The number of carbonyl (C=O) groups is 10. The maximum Gasteiger partial charge on any atom is 0.246 e. The first-order chi connectivity index (χ1) is 36.1. The average Bonchev–Trinajstić information content (AvgIpc) is 4.18. The summed E-state index contributed by atoms with van der Waals surface area (Å²) in [6, 6.07) is 6.80. The molecule has 0 bridgehead atoms. The summed E-state index contributed by atoms with van der Waals surface area (Å²) in [5.41, 5.74) is 19.8. The second kappa shape index (κ2) is 28.2. The van der Waals surface area contributed by atoms with Crippen LogP contribution < -0.4 is 54.4 Å². The maximum atomic E-state index is 14.2. The molecule has 1 aliphatic rings. The first kappa shape index (κ1) is 59.1. The first-order valence-electron chi connectivity index (χ1n) is 25.0. The fraction of sp³-hybridized carbons (Fsp3) is 0.471. The molecule has 0 aliphatic carbocycles. The van der Waals surface area contributed by atoms with Gasteiger partial charge in [0.1, 0.15) is 42.3 Å². The molecule has 1 fully saturated rings. The zero-order chi connectivity index (χ0) is 55.6. The molecule has 0 spiro atoms. The van der Waals surface area contributed by atoms with Gasteiger partial charge in [-0.15, -0.1) is 11.8 Å². The van der Waals surface area contributed by atoms with Gasteiger partial charge in [0, 0.05) is 54.0 Å². The van der Waals surface area contributed by atoms with Crippen LogP contribution >= 0.6 is 11.8 Å². The highest BCUT2D eigenvalue weighted by molar-refractivity contribution is 7.99. The number of hydrogen-bond acceptors (Lipinski definition) is 13. The number of aromatic amines is 2. The second-order valence-electron chi connectivity index (χ2n) is 19.5. The molecular weight excluding hydrogens is 1000 g/mol. The van der Waals surface area contributed by atoms with Crippen molar-refractivity contribution in [3.05, 3.63) is 90.1 Å². The zero-order valence-electron chi connectivity index (χ0n) is 43.2. The number of primary amides is 2. The molecule has 76 heavy (non-hydrogen) atoms. The Morgan fingerprint density at radius 2 is 1.36 bits per heavy atom. The summed E-state index contributed by atoms with van der Waals surface area (Å²) in [4.78, 5) is 145. The summed E-state index contributed by atoms with van der Waals surface area (Å²) in [5, 5.41) is 19.1. The Morgan fingerprint density at radius 1 is 0.711 bits per heavy atom. The SMILES string of the molecule is CC(C)C[C@H](NC(=O)[C@H](Cc1cnc[nH]1)NC(=O)CNC(=O)[C@@H](NC(=O)[C@H](C)NC(=O)[C@H](Cc1c[nH]c2ccccc12)NC(=O)[C@H](CCC(N)=O)NC(=O)[C@H](N)Cc1ccccc1)C(C)C)C(=O)N1CSC[C@H]1C(N)=O. The van der Waals surface area contributed by atoms with E-state index >= 15 is 0 Å². The van der Waals surface area contributed by atoms with Crippen molar-refractivity contribution in [3.8, 4) is 0 Å². The Kier molecular flexibility index (Phi) is 21.9. The van der Waals surface area contributed by atoms with Crippen molar-refractivity contribution < 1.29 is 47.9 Å². The molecular formula is C51H70N14O10S. The van der Waals surface area contributed by atoms with Crippen LogP contribution in [0.3, 0.4) is 0 Å². The number of imidazole rings is 1. The third kappa shape index (κ3) is 17.4. The molecule has 15 N–H and O–H groups in total. The second-order valence-corrected chi connectivity index (χ2v) is 20.5. The van der Waals surface area contributed by atoms with Crippen LogP contribution in [0.2, 0.25) is 0 Å². The molecule has 4 aromatic rings. The van der Waals surface area contributed by atoms with E-state index in [1.807, 2.05) is 38.1 Å². The average molecular weight is 1070 g/mol. The summed E-state index contributed by atoms with van der Waals surface area (Å²) in [5.74, 6) is -7.33. The highest BCUT2D eigenvalue weighted by Gasteiger charge is 2.39. The molecule has 8 atom stereocenters. The van der Waals surface area contributed by atoms with Crippen LogP contribution in [-0.4, -0.2) is 145 Å². The molecule has 2 aromatic heterocycles. The molecule has 1 saturated heterocycles. The normalized spacial score (nSPS) is 16.1. The number of rotatable bonds is 28. The van der Waals surface area contributed by atoms with Gasteiger partial charge in [-0.2, -0.15) is 0 Å². The van der Waals surface area contributed by atoms with Gasteiger partial charge in [0.05, 0.1) is 24.8 Å². The van der Waals surface area contributed by atoms with Crippen LogP contribution in [-0.2, 0) is 67.2 Å². The van der Waals surface area contributed by atoms with Crippen molar-refractivity contribution in [1.29, 1.82) is 0 Å². The van der Waals surface area contributed by atoms with E-state index in [2.05, 4.69) is 52.2 Å². The lowest BCUT2D eigenvalue weighted by atomic mass is 10.0. The van der Waals surface area contributed by atoms with Crippen LogP contribution in [0.1, 0.15) is 70.7 Å². The molecule has 0 unspecified atom stereocenters. The van der Waals surface area contributed by atoms with Crippen molar-refractivity contribution in [2.75, 3.05) is 18.2 Å². The smallest absolute Gasteiger partial charge is 0.246 e. The minimum atomic E-state index is -1.35. The van der Waals surface area contributed by atoms with E-state index < -0.39 is 120 Å². The minimum Gasteiger partial charge on any atom is -0.370 e. The van der Waals surface area contributed by atoms with Crippen molar-refractivity contribution in [1.82, 2.24) is 57.1 Å². The topological polar surface area (TPSA) is 381 Å². The van der Waals surface area contributed by atoms with Gasteiger partial charge in [-0.3, -0.25) is 47.9 Å². The minimum absolute atomic E-state index is 0.0559. The van der Waals surface area contributed by atoms with Gasteiger partial charge in [0.2, 0.25) is 59.1 Å². The standard InChI is InChI=1S/C51H70N14O10S/c1-27(2)17-39(51(75)65-26-76-24-40(65)44(54)68)63-49(73)38(20-32-22-55-25-58-32)60-42(67)23-57-50(74)43(28(3)4)64-45(69)29(5)59-48(72)37(19-31-21-56-35-14-10-9-13-33(31)35)62-47(71)36(15-16-41(53)66)61-46(70)34(52)18-30-11-7-6-8-12-30/h6-14,21-22,25,27-29,34,36-40,43,56H,15-20,23-24,26,52H2,1-5H3,(H2,53,66)(H2,54,68)(H,55,58)(H,57,74)(H,59,72)(H,60,67)(H,61,70)(H,62,71)(H,63,73)(H,64,69)/t29-,34+,36-,37-,38-,39-,40-,43-/m0/s1. The molecule has 5 rings (SSSR count). The lowest BCUT2D eigenvalue weighted by molar-refractivity contribution is -0.141. The van der Waals surface area contributed by atoms with Crippen molar-refractivity contribution in [2.45, 2.75) is 121 Å². The molecule has 10 amide bonds. The number of hydrogen-bond donors (Lipinski definition) is 12. The number of amides is 10. The summed E-state index contributed by atoms with van der Waals surface area (Å²) >= 11 is 1.36. The van der Waals surface area contributed by atoms with Crippen LogP contribution in [0.25, 0.3) is 10.9 Å². The van der Waals surface area contributed by atoms with E-state index in [0.29, 0.717) is 17.0 Å². The van der Waals surface area contributed by atoms with E-state index in [1.165, 1.54) is 36.1 Å². The number of fused-ring (bicyclic) bond motifs is 1. The Labute approximate surface area is 444 Å². The van der Waals surface area contributed by atoms with E-state index in [0.717, 1.165) is 16.5 Å². The summed E-state index contributed by atoms with van der Waals surface area (Å²) in [7, 11) is 0. The number of aromatic nitrogens is 3. The molecule has 2 aromatic carbocycles. The van der Waals surface area contributed by atoms with Gasteiger partial charge >= 0.3 is 0 Å². The lowest BCUT2D eigenvalue weighted by Gasteiger charge is -2.29. The fourth-order valence-corrected chi connectivity index (χ4v) is 9.58. The summed E-state index contributed by atoms with van der Waals surface area (Å²) in [6.45, 7) is 7.76. The molecule has 25 heteroatoms. The van der Waals surface area contributed by atoms with Crippen molar-refractivity contribution in [3.63, 3.8) is 0 Å². The van der Waals surface area contributed by atoms with E-state index in [9.17, 15) is 47.9 Å². The predicted octanol–water partition coefficient (Wildman–Crippen LogP) is -1.35. The van der Waals surface area contributed by atoms with Crippen LogP contribution in [0.15, 0.2) is 73.3 Å². The quantitative estimate of drug-likeness (QED) is 0.0313. The summed E-state index contributed by atoms with van der Waals surface area (Å²) in [6.07, 6.45) is 4.23. The number of carbonyl (C=O) groups excluding carboxylic acids is 10. The first-order valence-corrected chi connectivity index (χ1v) is 26.1. The number of benzene rings is 2. The molecule has 24 nitrogen and oxygen atoms in total. The van der Waals surface area contributed by atoms with Crippen molar-refractivity contribution in [2.24, 2.45) is 29.0 Å². The monoisotopic (exact) mass is 1070 g/mol. The number of thioether (sulfide) groups is 1. The number of nitrogens with one attached hydrogen (secondary N) is 9. The fourth-order valence-electron chi connectivity index (χ4n) is 8.40. The predicted molar refractivity (Wildman–Crippen MR) is 283 cm³/mol. The Balaban J connectivity index is 1.24. The van der Waals surface area contributed by atoms with Gasteiger partial charge in [-0.1, -0.05) is 76.2 Å². The van der Waals surface area contributed by atoms with Gasteiger partial charge in [-0.25, -0.2) is 4.98 Å². The molecule has 1 aliphatic heterocycles. The third-order valence-corrected chi connectivity index (χ3v) is 13.6. The van der Waals surface area contributed by atoms with Crippen LogP contribution in [0, 0.1) is 11.8 Å².